The molecular weight excluding hydrogens is 282 g/mol. The highest BCUT2D eigenvalue weighted by Crippen LogP contribution is 2.19. The maximum atomic E-state index is 11.9. The molecule has 1 aromatic carbocycles. The predicted octanol–water partition coefficient (Wildman–Crippen LogP) is 3.34. The number of rotatable bonds is 3. The van der Waals surface area contributed by atoms with Crippen molar-refractivity contribution in [2.24, 2.45) is 0 Å². The number of carbonyl (C=O) groups excluding carboxylic acids is 1. The van der Waals surface area contributed by atoms with Crippen molar-refractivity contribution >= 4 is 40.1 Å². The molecule has 0 aliphatic heterocycles. The monoisotopic (exact) mass is 289 g/mol. The lowest BCUT2D eigenvalue weighted by atomic mass is 10.1. The van der Waals surface area contributed by atoms with Gasteiger partial charge in [0, 0.05) is 16.6 Å². The van der Waals surface area contributed by atoms with Crippen molar-refractivity contribution in [3.63, 3.8) is 0 Å². The number of hydrogen-bond acceptors (Lipinski definition) is 4. The van der Waals surface area contributed by atoms with Crippen molar-refractivity contribution in [1.29, 1.82) is 5.26 Å². The smallest absolute Gasteiger partial charge is 0.268 e. The molecule has 0 radical (unpaired) electrons. The van der Waals surface area contributed by atoms with Gasteiger partial charge in [0.1, 0.15) is 11.6 Å². The summed E-state index contributed by atoms with van der Waals surface area (Å²) in [5, 5.41) is 14.3. The molecule has 1 amide bonds. The number of hydrogen-bond donors (Lipinski definition) is 1. The van der Waals surface area contributed by atoms with Gasteiger partial charge in [0.25, 0.3) is 5.91 Å². The van der Waals surface area contributed by atoms with Crippen LogP contribution in [0.25, 0.3) is 6.08 Å². The number of halogens is 1. The van der Waals surface area contributed by atoms with Crippen molar-refractivity contribution in [2.75, 3.05) is 5.32 Å². The molecule has 1 heterocycles. The van der Waals surface area contributed by atoms with Crippen LogP contribution in [0.3, 0.4) is 0 Å². The van der Waals surface area contributed by atoms with Crippen LogP contribution >= 0.6 is 22.9 Å². The predicted molar refractivity (Wildman–Crippen MR) is 75.8 cm³/mol. The molecule has 0 aliphatic carbocycles. The van der Waals surface area contributed by atoms with E-state index >= 15 is 0 Å². The van der Waals surface area contributed by atoms with Crippen molar-refractivity contribution < 1.29 is 4.79 Å². The Morgan fingerprint density at radius 2 is 2.26 bits per heavy atom. The van der Waals surface area contributed by atoms with Crippen molar-refractivity contribution in [1.82, 2.24) is 4.98 Å². The lowest BCUT2D eigenvalue weighted by molar-refractivity contribution is -0.112. The summed E-state index contributed by atoms with van der Waals surface area (Å²) in [6, 6.07) is 8.85. The first kappa shape index (κ1) is 13.3. The van der Waals surface area contributed by atoms with Crippen LogP contribution in [0.5, 0.6) is 0 Å². The molecule has 0 saturated carbocycles. The quantitative estimate of drug-likeness (QED) is 0.696. The highest BCUT2D eigenvalue weighted by molar-refractivity contribution is 7.13. The van der Waals surface area contributed by atoms with Gasteiger partial charge >= 0.3 is 0 Å². The zero-order valence-electron chi connectivity index (χ0n) is 9.63. The number of amides is 1. The molecule has 0 spiro atoms. The van der Waals surface area contributed by atoms with Gasteiger partial charge in [-0.15, -0.1) is 11.3 Å². The Morgan fingerprint density at radius 3 is 2.89 bits per heavy atom. The van der Waals surface area contributed by atoms with Gasteiger partial charge in [-0.3, -0.25) is 10.1 Å². The third-order valence-corrected chi connectivity index (χ3v) is 3.26. The number of nitriles is 1. The Kier molecular flexibility index (Phi) is 4.29. The molecule has 1 N–H and O–H groups in total. The fraction of sp³-hybridized carbons (Fsp3) is 0. The summed E-state index contributed by atoms with van der Waals surface area (Å²) in [7, 11) is 0. The maximum absolute atomic E-state index is 11.9. The van der Waals surface area contributed by atoms with Crippen LogP contribution in [0, 0.1) is 11.3 Å². The second-order valence-corrected chi connectivity index (χ2v) is 4.78. The first-order valence-electron chi connectivity index (χ1n) is 5.28. The van der Waals surface area contributed by atoms with Crippen LogP contribution in [0.4, 0.5) is 5.13 Å². The molecule has 0 bridgehead atoms. The number of thiazole rings is 1. The topological polar surface area (TPSA) is 65.8 Å². The van der Waals surface area contributed by atoms with Crippen LogP contribution in [-0.4, -0.2) is 10.9 Å². The molecule has 6 heteroatoms. The lowest BCUT2D eigenvalue weighted by Crippen LogP contribution is -2.13. The molecule has 0 aliphatic rings. The molecule has 0 fully saturated rings. The van der Waals surface area contributed by atoms with Gasteiger partial charge in [0.2, 0.25) is 0 Å². The van der Waals surface area contributed by atoms with E-state index in [2.05, 4.69) is 10.3 Å². The summed E-state index contributed by atoms with van der Waals surface area (Å²) in [5.74, 6) is -0.502. The van der Waals surface area contributed by atoms with Gasteiger partial charge in [-0.1, -0.05) is 29.8 Å². The summed E-state index contributed by atoms with van der Waals surface area (Å²) in [6.07, 6.45) is 3.02. The summed E-state index contributed by atoms with van der Waals surface area (Å²) in [5.41, 5.74) is 0.596. The zero-order valence-corrected chi connectivity index (χ0v) is 11.2. The molecule has 1 aromatic heterocycles. The Hall–Kier alpha value is -2.16. The van der Waals surface area contributed by atoms with E-state index in [1.54, 1.807) is 35.8 Å². The number of carbonyl (C=O) groups is 1. The van der Waals surface area contributed by atoms with E-state index in [9.17, 15) is 4.79 Å². The molecule has 2 rings (SSSR count). The molecule has 0 unspecified atom stereocenters. The zero-order chi connectivity index (χ0) is 13.7. The normalized spacial score (nSPS) is 10.8. The Labute approximate surface area is 119 Å². The number of benzene rings is 1. The number of nitrogens with zero attached hydrogens (tertiary/aromatic N) is 2. The third-order valence-electron chi connectivity index (χ3n) is 2.22. The highest BCUT2D eigenvalue weighted by atomic mass is 35.5. The van der Waals surface area contributed by atoms with Gasteiger partial charge in [0.15, 0.2) is 5.13 Å². The van der Waals surface area contributed by atoms with Crippen molar-refractivity contribution in [3.05, 3.63) is 52.0 Å². The van der Waals surface area contributed by atoms with E-state index in [1.807, 2.05) is 6.07 Å². The van der Waals surface area contributed by atoms with Crippen molar-refractivity contribution in [2.45, 2.75) is 0 Å². The van der Waals surface area contributed by atoms with Crippen LogP contribution in [-0.2, 0) is 4.79 Å². The fourth-order valence-corrected chi connectivity index (χ4v) is 2.06. The third kappa shape index (κ3) is 3.41. The summed E-state index contributed by atoms with van der Waals surface area (Å²) >= 11 is 7.26. The van der Waals surface area contributed by atoms with Gasteiger partial charge in [-0.2, -0.15) is 5.26 Å². The number of anilines is 1. The van der Waals surface area contributed by atoms with E-state index in [0.29, 0.717) is 15.7 Å². The van der Waals surface area contributed by atoms with Crippen molar-refractivity contribution in [3.8, 4) is 6.07 Å². The largest absolute Gasteiger partial charge is 0.297 e. The van der Waals surface area contributed by atoms with Crippen LogP contribution < -0.4 is 5.32 Å². The molecule has 4 nitrogen and oxygen atoms in total. The van der Waals surface area contributed by atoms with Gasteiger partial charge < -0.3 is 0 Å². The fourth-order valence-electron chi connectivity index (χ4n) is 1.35. The summed E-state index contributed by atoms with van der Waals surface area (Å²) in [6.45, 7) is 0. The minimum absolute atomic E-state index is 0.0247. The second kappa shape index (κ2) is 6.14. The Morgan fingerprint density at radius 1 is 1.47 bits per heavy atom. The minimum atomic E-state index is -0.502. The SMILES string of the molecule is N#CC(=Cc1ccccc1Cl)C(=O)Nc1nccs1. The first-order valence-corrected chi connectivity index (χ1v) is 6.53. The second-order valence-electron chi connectivity index (χ2n) is 3.48. The molecule has 19 heavy (non-hydrogen) atoms. The molecule has 2 aromatic rings. The van der Waals surface area contributed by atoms with Gasteiger partial charge in [0.05, 0.1) is 0 Å². The van der Waals surface area contributed by atoms with E-state index in [4.69, 9.17) is 16.9 Å². The summed E-state index contributed by atoms with van der Waals surface area (Å²) in [4.78, 5) is 15.8. The van der Waals surface area contributed by atoms with E-state index in [-0.39, 0.29) is 5.57 Å². The minimum Gasteiger partial charge on any atom is -0.297 e. The van der Waals surface area contributed by atoms with E-state index < -0.39 is 5.91 Å². The number of nitrogens with one attached hydrogen (secondary N) is 1. The lowest BCUT2D eigenvalue weighted by Gasteiger charge is -2.01. The molecule has 0 saturated heterocycles. The maximum Gasteiger partial charge on any atom is 0.268 e. The van der Waals surface area contributed by atoms with Crippen LogP contribution in [0.15, 0.2) is 41.4 Å². The standard InChI is InChI=1S/C13H8ClN3OS/c14-11-4-2-1-3-9(11)7-10(8-15)12(18)17-13-16-5-6-19-13/h1-7H,(H,16,17,18). The average Bonchev–Trinajstić information content (AvgIpc) is 2.90. The number of aromatic nitrogens is 1. The Bertz CT molecular complexity index is 659. The van der Waals surface area contributed by atoms with Gasteiger partial charge in [-0.25, -0.2) is 4.98 Å². The molecule has 94 valence electrons. The molecular formula is C13H8ClN3OS. The highest BCUT2D eigenvalue weighted by Gasteiger charge is 2.11. The van der Waals surface area contributed by atoms with Crippen LogP contribution in [0.2, 0.25) is 5.02 Å². The van der Waals surface area contributed by atoms with Crippen LogP contribution in [0.1, 0.15) is 5.56 Å². The van der Waals surface area contributed by atoms with E-state index in [0.717, 1.165) is 0 Å². The Balaban J connectivity index is 2.23. The first-order chi connectivity index (χ1) is 9.20. The summed E-state index contributed by atoms with van der Waals surface area (Å²) < 4.78 is 0. The van der Waals surface area contributed by atoms with E-state index in [1.165, 1.54) is 17.4 Å². The molecule has 0 atom stereocenters. The average molecular weight is 290 g/mol. The van der Waals surface area contributed by atoms with Gasteiger partial charge in [-0.05, 0) is 17.7 Å².